The van der Waals surface area contributed by atoms with Crippen molar-refractivity contribution in [1.82, 2.24) is 15.2 Å². The van der Waals surface area contributed by atoms with Crippen LogP contribution in [0.5, 0.6) is 0 Å². The standard InChI is InChI=1S/C18H27N3O/c1-14-6-4-7-16(19-14)18(15-9-10-15)20-17(22)8-5-13-21-11-2-3-12-21/h4,6-7,15,18H,2-3,5,8-13H2,1H3,(H,20,22)/t18-/m1/s1. The minimum Gasteiger partial charge on any atom is -0.347 e. The first-order valence-electron chi connectivity index (χ1n) is 8.67. The highest BCUT2D eigenvalue weighted by Gasteiger charge is 2.34. The molecule has 1 aromatic rings. The molecule has 1 saturated heterocycles. The van der Waals surface area contributed by atoms with Crippen molar-refractivity contribution in [3.05, 3.63) is 29.6 Å². The molecule has 0 aromatic carbocycles. The van der Waals surface area contributed by atoms with Gasteiger partial charge in [0.15, 0.2) is 0 Å². The van der Waals surface area contributed by atoms with Gasteiger partial charge in [-0.1, -0.05) is 6.07 Å². The molecule has 2 heterocycles. The monoisotopic (exact) mass is 301 g/mol. The topological polar surface area (TPSA) is 45.2 Å². The Labute approximate surface area is 133 Å². The molecule has 2 aliphatic rings. The molecule has 0 bridgehead atoms. The van der Waals surface area contributed by atoms with E-state index in [1.54, 1.807) is 0 Å². The summed E-state index contributed by atoms with van der Waals surface area (Å²) in [6.45, 7) is 5.48. The van der Waals surface area contributed by atoms with Gasteiger partial charge in [0.2, 0.25) is 5.91 Å². The average Bonchev–Trinajstić information content (AvgIpc) is 3.21. The van der Waals surface area contributed by atoms with E-state index in [-0.39, 0.29) is 11.9 Å². The van der Waals surface area contributed by atoms with Crippen LogP contribution in [-0.2, 0) is 4.79 Å². The molecule has 0 unspecified atom stereocenters. The maximum atomic E-state index is 12.3. The fraction of sp³-hybridized carbons (Fsp3) is 0.667. The van der Waals surface area contributed by atoms with Crippen molar-refractivity contribution >= 4 is 5.91 Å². The lowest BCUT2D eigenvalue weighted by molar-refractivity contribution is -0.122. The van der Waals surface area contributed by atoms with Gasteiger partial charge in [-0.3, -0.25) is 9.78 Å². The molecule has 1 aromatic heterocycles. The fourth-order valence-electron chi connectivity index (χ4n) is 3.32. The zero-order valence-corrected chi connectivity index (χ0v) is 13.6. The van der Waals surface area contributed by atoms with Gasteiger partial charge in [0.25, 0.3) is 0 Å². The van der Waals surface area contributed by atoms with Crippen LogP contribution in [0, 0.1) is 12.8 Å². The van der Waals surface area contributed by atoms with E-state index in [1.165, 1.54) is 38.8 Å². The zero-order valence-electron chi connectivity index (χ0n) is 13.6. The molecule has 2 fully saturated rings. The summed E-state index contributed by atoms with van der Waals surface area (Å²) in [5, 5.41) is 3.23. The Bertz CT molecular complexity index is 507. The second kappa shape index (κ2) is 7.23. The maximum Gasteiger partial charge on any atom is 0.220 e. The SMILES string of the molecule is Cc1cccc([C@H](NC(=O)CCCN2CCCC2)C2CC2)n1. The first-order chi connectivity index (χ1) is 10.7. The largest absolute Gasteiger partial charge is 0.347 e. The number of carbonyl (C=O) groups is 1. The van der Waals surface area contributed by atoms with Gasteiger partial charge in [0.05, 0.1) is 11.7 Å². The van der Waals surface area contributed by atoms with E-state index in [9.17, 15) is 4.79 Å². The Kier molecular flexibility index (Phi) is 5.08. The Hall–Kier alpha value is -1.42. The quantitative estimate of drug-likeness (QED) is 0.842. The highest BCUT2D eigenvalue weighted by atomic mass is 16.1. The Morgan fingerprint density at radius 2 is 2.14 bits per heavy atom. The van der Waals surface area contributed by atoms with E-state index in [0.29, 0.717) is 12.3 Å². The second-order valence-corrected chi connectivity index (χ2v) is 6.74. The average molecular weight is 301 g/mol. The Balaban J connectivity index is 1.49. The van der Waals surface area contributed by atoms with Gasteiger partial charge in [-0.05, 0) is 76.7 Å². The first-order valence-corrected chi connectivity index (χ1v) is 8.67. The normalized spacial score (nSPS) is 20.0. The summed E-state index contributed by atoms with van der Waals surface area (Å²) in [7, 11) is 0. The Morgan fingerprint density at radius 3 is 2.82 bits per heavy atom. The highest BCUT2D eigenvalue weighted by molar-refractivity contribution is 5.76. The van der Waals surface area contributed by atoms with Gasteiger partial charge in [0.1, 0.15) is 0 Å². The fourth-order valence-corrected chi connectivity index (χ4v) is 3.32. The first kappa shape index (κ1) is 15.5. The van der Waals surface area contributed by atoms with Gasteiger partial charge in [-0.2, -0.15) is 0 Å². The summed E-state index contributed by atoms with van der Waals surface area (Å²) in [6.07, 6.45) is 6.63. The molecule has 0 radical (unpaired) electrons. The molecule has 4 heteroatoms. The van der Waals surface area contributed by atoms with Gasteiger partial charge < -0.3 is 10.2 Å². The lowest BCUT2D eigenvalue weighted by Gasteiger charge is -2.19. The van der Waals surface area contributed by atoms with Crippen LogP contribution in [-0.4, -0.2) is 35.4 Å². The summed E-state index contributed by atoms with van der Waals surface area (Å²) in [5.74, 6) is 0.760. The number of likely N-dealkylation sites (tertiary alicyclic amines) is 1. The number of hydrogen-bond donors (Lipinski definition) is 1. The molecule has 1 N–H and O–H groups in total. The smallest absolute Gasteiger partial charge is 0.220 e. The third-order valence-corrected chi connectivity index (χ3v) is 4.72. The van der Waals surface area contributed by atoms with Crippen molar-refractivity contribution in [3.8, 4) is 0 Å². The predicted molar refractivity (Wildman–Crippen MR) is 87.5 cm³/mol. The summed E-state index contributed by atoms with van der Waals surface area (Å²) < 4.78 is 0. The van der Waals surface area contributed by atoms with Gasteiger partial charge >= 0.3 is 0 Å². The van der Waals surface area contributed by atoms with Crippen molar-refractivity contribution in [3.63, 3.8) is 0 Å². The molecule has 1 saturated carbocycles. The van der Waals surface area contributed by atoms with Gasteiger partial charge in [-0.25, -0.2) is 0 Å². The molecule has 1 amide bonds. The van der Waals surface area contributed by atoms with Crippen LogP contribution in [0.1, 0.15) is 56.0 Å². The lowest BCUT2D eigenvalue weighted by atomic mass is 10.1. The van der Waals surface area contributed by atoms with E-state index in [2.05, 4.69) is 15.2 Å². The zero-order chi connectivity index (χ0) is 15.4. The number of pyridine rings is 1. The number of aryl methyl sites for hydroxylation is 1. The highest BCUT2D eigenvalue weighted by Crippen LogP contribution is 2.40. The molecule has 3 rings (SSSR count). The third kappa shape index (κ3) is 4.29. The summed E-state index contributed by atoms with van der Waals surface area (Å²) in [4.78, 5) is 19.3. The lowest BCUT2D eigenvalue weighted by Crippen LogP contribution is -2.31. The minimum atomic E-state index is 0.110. The van der Waals surface area contributed by atoms with Gasteiger partial charge in [-0.15, -0.1) is 0 Å². The molecule has 1 atom stereocenters. The van der Waals surface area contributed by atoms with Crippen molar-refractivity contribution in [2.75, 3.05) is 19.6 Å². The van der Waals surface area contributed by atoms with Crippen molar-refractivity contribution in [2.45, 2.75) is 51.5 Å². The summed E-state index contributed by atoms with van der Waals surface area (Å²) in [6, 6.07) is 6.19. The number of amides is 1. The van der Waals surface area contributed by atoms with Crippen LogP contribution in [0.25, 0.3) is 0 Å². The number of nitrogens with zero attached hydrogens (tertiary/aromatic N) is 2. The molecule has 0 spiro atoms. The number of rotatable bonds is 7. The number of aromatic nitrogens is 1. The number of nitrogens with one attached hydrogen (secondary N) is 1. The minimum absolute atomic E-state index is 0.110. The van der Waals surface area contributed by atoms with E-state index in [1.807, 2.05) is 25.1 Å². The van der Waals surface area contributed by atoms with Crippen molar-refractivity contribution < 1.29 is 4.79 Å². The third-order valence-electron chi connectivity index (χ3n) is 4.72. The van der Waals surface area contributed by atoms with E-state index >= 15 is 0 Å². The molecule has 1 aliphatic heterocycles. The molecule has 4 nitrogen and oxygen atoms in total. The summed E-state index contributed by atoms with van der Waals surface area (Å²) >= 11 is 0. The Morgan fingerprint density at radius 1 is 1.36 bits per heavy atom. The van der Waals surface area contributed by atoms with Crippen LogP contribution >= 0.6 is 0 Å². The maximum absolute atomic E-state index is 12.3. The molecule has 120 valence electrons. The number of hydrogen-bond acceptors (Lipinski definition) is 3. The van der Waals surface area contributed by atoms with E-state index in [4.69, 9.17) is 0 Å². The van der Waals surface area contributed by atoms with Crippen LogP contribution in [0.15, 0.2) is 18.2 Å². The molecule has 1 aliphatic carbocycles. The molecule has 22 heavy (non-hydrogen) atoms. The second-order valence-electron chi connectivity index (χ2n) is 6.74. The summed E-state index contributed by atoms with van der Waals surface area (Å²) in [5.41, 5.74) is 2.04. The van der Waals surface area contributed by atoms with Crippen LogP contribution in [0.3, 0.4) is 0 Å². The van der Waals surface area contributed by atoms with Crippen molar-refractivity contribution in [1.29, 1.82) is 0 Å². The number of carbonyl (C=O) groups excluding carboxylic acids is 1. The van der Waals surface area contributed by atoms with Crippen molar-refractivity contribution in [2.24, 2.45) is 5.92 Å². The molecular weight excluding hydrogens is 274 g/mol. The predicted octanol–water partition coefficient (Wildman–Crippen LogP) is 2.83. The van der Waals surface area contributed by atoms with E-state index < -0.39 is 0 Å². The van der Waals surface area contributed by atoms with Crippen LogP contribution in [0.4, 0.5) is 0 Å². The van der Waals surface area contributed by atoms with Gasteiger partial charge in [0, 0.05) is 12.1 Å². The van der Waals surface area contributed by atoms with Crippen LogP contribution in [0.2, 0.25) is 0 Å². The van der Waals surface area contributed by atoms with Crippen LogP contribution < -0.4 is 5.32 Å². The van der Waals surface area contributed by atoms with E-state index in [0.717, 1.165) is 24.4 Å². The molecular formula is C18H27N3O.